The number of aromatic nitrogens is 1. The van der Waals surface area contributed by atoms with Gasteiger partial charge in [0.1, 0.15) is 11.6 Å². The molecule has 0 radical (unpaired) electrons. The van der Waals surface area contributed by atoms with Crippen LogP contribution in [0.15, 0.2) is 39.4 Å². The lowest BCUT2D eigenvalue weighted by molar-refractivity contribution is 0.497. The van der Waals surface area contributed by atoms with Gasteiger partial charge in [-0.15, -0.1) is 0 Å². The lowest BCUT2D eigenvalue weighted by Gasteiger charge is -2.13. The van der Waals surface area contributed by atoms with Crippen molar-refractivity contribution in [1.29, 1.82) is 0 Å². The van der Waals surface area contributed by atoms with Gasteiger partial charge in [-0.3, -0.25) is 0 Å². The molecule has 0 saturated carbocycles. The molecule has 0 fully saturated rings. The highest BCUT2D eigenvalue weighted by molar-refractivity contribution is 9.10. The van der Waals surface area contributed by atoms with E-state index in [2.05, 4.69) is 33.2 Å². The predicted molar refractivity (Wildman–Crippen MR) is 72.2 cm³/mol. The highest BCUT2D eigenvalue weighted by Gasteiger charge is 2.07. The second-order valence-electron chi connectivity index (χ2n) is 4.09. The molecule has 1 N–H and O–H groups in total. The van der Waals surface area contributed by atoms with Crippen molar-refractivity contribution >= 4 is 21.7 Å². The summed E-state index contributed by atoms with van der Waals surface area (Å²) in [6.07, 6.45) is 2.55. The highest BCUT2D eigenvalue weighted by Crippen LogP contribution is 2.17. The SMILES string of the molecule is Cc1nc(NC(C)Cc2ccco2)ccc1Br. The van der Waals surface area contributed by atoms with E-state index in [1.165, 1.54) is 0 Å². The molecule has 0 aliphatic carbocycles. The van der Waals surface area contributed by atoms with Crippen molar-refractivity contribution in [3.05, 3.63) is 46.5 Å². The van der Waals surface area contributed by atoms with Crippen LogP contribution in [0.1, 0.15) is 18.4 Å². The number of nitrogens with one attached hydrogen (secondary N) is 1. The summed E-state index contributed by atoms with van der Waals surface area (Å²) in [6.45, 7) is 4.09. The molecular formula is C13H15BrN2O. The summed E-state index contributed by atoms with van der Waals surface area (Å²) in [6, 6.07) is 8.15. The standard InChI is InChI=1S/C13H15BrN2O/c1-9(8-11-4-3-7-17-11)15-13-6-5-12(14)10(2)16-13/h3-7,9H,8H2,1-2H3,(H,15,16). The first-order chi connectivity index (χ1) is 8.15. The highest BCUT2D eigenvalue weighted by atomic mass is 79.9. The first-order valence-corrected chi connectivity index (χ1v) is 6.36. The molecule has 1 atom stereocenters. The maximum Gasteiger partial charge on any atom is 0.126 e. The number of halogens is 1. The number of furan rings is 1. The third-order valence-corrected chi connectivity index (χ3v) is 3.34. The van der Waals surface area contributed by atoms with E-state index in [0.717, 1.165) is 28.2 Å². The Kier molecular flexibility index (Phi) is 3.84. The topological polar surface area (TPSA) is 38.1 Å². The molecule has 0 aromatic carbocycles. The number of pyridine rings is 1. The molecule has 4 heteroatoms. The van der Waals surface area contributed by atoms with Crippen molar-refractivity contribution in [3.63, 3.8) is 0 Å². The number of nitrogens with zero attached hydrogens (tertiary/aromatic N) is 1. The zero-order valence-corrected chi connectivity index (χ0v) is 11.5. The van der Waals surface area contributed by atoms with Crippen LogP contribution in [0.4, 0.5) is 5.82 Å². The summed E-state index contributed by atoms with van der Waals surface area (Å²) in [5, 5.41) is 3.36. The Labute approximate surface area is 109 Å². The Morgan fingerprint density at radius 3 is 2.88 bits per heavy atom. The normalized spacial score (nSPS) is 12.4. The molecule has 2 heterocycles. The number of hydrogen-bond acceptors (Lipinski definition) is 3. The molecule has 2 rings (SSSR count). The van der Waals surface area contributed by atoms with Gasteiger partial charge >= 0.3 is 0 Å². The molecule has 0 aliphatic rings. The molecule has 1 unspecified atom stereocenters. The van der Waals surface area contributed by atoms with Gasteiger partial charge in [-0.1, -0.05) is 0 Å². The van der Waals surface area contributed by atoms with Crippen molar-refractivity contribution in [2.75, 3.05) is 5.32 Å². The number of anilines is 1. The average Bonchev–Trinajstić information content (AvgIpc) is 2.76. The van der Waals surface area contributed by atoms with Gasteiger partial charge < -0.3 is 9.73 Å². The minimum absolute atomic E-state index is 0.286. The molecule has 0 aliphatic heterocycles. The van der Waals surface area contributed by atoms with Gasteiger partial charge in [0, 0.05) is 16.9 Å². The molecule has 17 heavy (non-hydrogen) atoms. The quantitative estimate of drug-likeness (QED) is 0.932. The number of rotatable bonds is 4. The van der Waals surface area contributed by atoms with Gasteiger partial charge in [-0.05, 0) is 54.0 Å². The van der Waals surface area contributed by atoms with Gasteiger partial charge in [0.05, 0.1) is 12.0 Å². The average molecular weight is 295 g/mol. The van der Waals surface area contributed by atoms with Crippen molar-refractivity contribution in [2.24, 2.45) is 0 Å². The smallest absolute Gasteiger partial charge is 0.126 e. The Morgan fingerprint density at radius 2 is 2.24 bits per heavy atom. The predicted octanol–water partition coefficient (Wildman–Crippen LogP) is 3.79. The van der Waals surface area contributed by atoms with E-state index in [1.807, 2.05) is 31.2 Å². The monoisotopic (exact) mass is 294 g/mol. The lowest BCUT2D eigenvalue weighted by atomic mass is 10.2. The third-order valence-electron chi connectivity index (χ3n) is 2.50. The van der Waals surface area contributed by atoms with Gasteiger partial charge in [-0.25, -0.2) is 4.98 Å². The van der Waals surface area contributed by atoms with Crippen LogP contribution in [0.5, 0.6) is 0 Å². The third kappa shape index (κ3) is 3.33. The van der Waals surface area contributed by atoms with Gasteiger partial charge in [0.2, 0.25) is 0 Å². The van der Waals surface area contributed by atoms with Gasteiger partial charge in [0.15, 0.2) is 0 Å². The van der Waals surface area contributed by atoms with Crippen LogP contribution in [0, 0.1) is 6.92 Å². The first-order valence-electron chi connectivity index (χ1n) is 5.57. The largest absolute Gasteiger partial charge is 0.469 e. The fourth-order valence-electron chi connectivity index (χ4n) is 1.66. The van der Waals surface area contributed by atoms with Crippen LogP contribution in [0.3, 0.4) is 0 Å². The fourth-order valence-corrected chi connectivity index (χ4v) is 1.88. The van der Waals surface area contributed by atoms with Crippen molar-refractivity contribution in [1.82, 2.24) is 4.98 Å². The molecule has 0 amide bonds. The Balaban J connectivity index is 1.98. The maximum absolute atomic E-state index is 5.32. The molecule has 0 spiro atoms. The fraction of sp³-hybridized carbons (Fsp3) is 0.308. The zero-order valence-electron chi connectivity index (χ0n) is 9.90. The zero-order chi connectivity index (χ0) is 12.3. The van der Waals surface area contributed by atoms with E-state index in [0.29, 0.717) is 0 Å². The van der Waals surface area contributed by atoms with Crippen molar-refractivity contribution < 1.29 is 4.42 Å². The summed E-state index contributed by atoms with van der Waals surface area (Å²) in [7, 11) is 0. The van der Waals surface area contributed by atoms with E-state index in [9.17, 15) is 0 Å². The maximum atomic E-state index is 5.32. The number of aryl methyl sites for hydroxylation is 1. The molecule has 0 bridgehead atoms. The molecule has 0 saturated heterocycles. The Bertz CT molecular complexity index is 482. The van der Waals surface area contributed by atoms with Crippen LogP contribution in [-0.2, 0) is 6.42 Å². The Hall–Kier alpha value is -1.29. The molecule has 3 nitrogen and oxygen atoms in total. The van der Waals surface area contributed by atoms with Crippen LogP contribution < -0.4 is 5.32 Å². The van der Waals surface area contributed by atoms with E-state index < -0.39 is 0 Å². The van der Waals surface area contributed by atoms with Crippen LogP contribution in [0.25, 0.3) is 0 Å². The molecule has 2 aromatic rings. The summed E-state index contributed by atoms with van der Waals surface area (Å²) in [4.78, 5) is 4.45. The second kappa shape index (κ2) is 5.36. The van der Waals surface area contributed by atoms with Crippen LogP contribution >= 0.6 is 15.9 Å². The second-order valence-corrected chi connectivity index (χ2v) is 4.95. The minimum atomic E-state index is 0.286. The van der Waals surface area contributed by atoms with Crippen molar-refractivity contribution in [2.45, 2.75) is 26.3 Å². The van der Waals surface area contributed by atoms with Gasteiger partial charge in [-0.2, -0.15) is 0 Å². The summed E-state index contributed by atoms with van der Waals surface area (Å²) in [5.41, 5.74) is 0.986. The first kappa shape index (κ1) is 12.2. The van der Waals surface area contributed by atoms with E-state index >= 15 is 0 Å². The molecule has 90 valence electrons. The van der Waals surface area contributed by atoms with Gasteiger partial charge in [0.25, 0.3) is 0 Å². The summed E-state index contributed by atoms with van der Waals surface area (Å²) < 4.78 is 6.35. The Morgan fingerprint density at radius 1 is 1.41 bits per heavy atom. The minimum Gasteiger partial charge on any atom is -0.469 e. The molecular weight excluding hydrogens is 280 g/mol. The van der Waals surface area contributed by atoms with E-state index in [-0.39, 0.29) is 6.04 Å². The van der Waals surface area contributed by atoms with Crippen molar-refractivity contribution in [3.8, 4) is 0 Å². The van der Waals surface area contributed by atoms with E-state index in [1.54, 1.807) is 6.26 Å². The summed E-state index contributed by atoms with van der Waals surface area (Å²) in [5.74, 6) is 1.88. The van der Waals surface area contributed by atoms with Crippen LogP contribution in [0.2, 0.25) is 0 Å². The number of hydrogen-bond donors (Lipinski definition) is 1. The lowest BCUT2D eigenvalue weighted by Crippen LogP contribution is -2.18. The molecule has 2 aromatic heterocycles. The van der Waals surface area contributed by atoms with Crippen LogP contribution in [-0.4, -0.2) is 11.0 Å². The van der Waals surface area contributed by atoms with E-state index in [4.69, 9.17) is 4.42 Å². The summed E-state index contributed by atoms with van der Waals surface area (Å²) >= 11 is 3.44.